The van der Waals surface area contributed by atoms with Crippen molar-refractivity contribution in [1.82, 2.24) is 19.5 Å². The molecule has 5 aromatic rings. The summed E-state index contributed by atoms with van der Waals surface area (Å²) in [5, 5.41) is 2.59. The van der Waals surface area contributed by atoms with Gasteiger partial charge in [-0.3, -0.25) is 9.36 Å². The predicted octanol–water partition coefficient (Wildman–Crippen LogP) is 5.02. The molecule has 0 aliphatic heterocycles. The Morgan fingerprint density at radius 3 is 2.37 bits per heavy atom. The first-order valence-corrected chi connectivity index (χ1v) is 14.1. The number of halogens is 3. The standard InChI is InChI=1S/C28H23F3N6O3S/c1-16(34-24-20(15-33-27(32)36-24)17-8-6-11-19(14-17)41(2,39)40)25-35-22-13-7-12-21(28(29,30)31)23(22)26(38)37(25)18-9-4-3-5-10-18/h3-16H,1-2H3,(H3,32,33,34,36)/t16-/m1/s1. The monoisotopic (exact) mass is 580 g/mol. The summed E-state index contributed by atoms with van der Waals surface area (Å²) >= 11 is 0. The number of fused-ring (bicyclic) bond motifs is 1. The summed E-state index contributed by atoms with van der Waals surface area (Å²) < 4.78 is 67.0. The second-order valence-electron chi connectivity index (χ2n) is 9.30. The number of aromatic nitrogens is 4. The molecule has 0 saturated carbocycles. The Labute approximate surface area is 232 Å². The molecule has 5 rings (SSSR count). The second kappa shape index (κ2) is 10.3. The van der Waals surface area contributed by atoms with E-state index in [1.165, 1.54) is 30.5 Å². The SMILES string of the molecule is C[C@@H](Nc1nc(N)ncc1-c1cccc(S(C)(=O)=O)c1)c1nc2cccc(C(F)(F)F)c2c(=O)n1-c1ccccc1. The van der Waals surface area contributed by atoms with Gasteiger partial charge in [0.15, 0.2) is 9.84 Å². The van der Waals surface area contributed by atoms with Crippen LogP contribution in [0.4, 0.5) is 24.9 Å². The van der Waals surface area contributed by atoms with E-state index in [9.17, 15) is 26.4 Å². The molecular formula is C28H23F3N6O3S. The third-order valence-electron chi connectivity index (χ3n) is 6.36. The number of para-hydroxylation sites is 1. The van der Waals surface area contributed by atoms with E-state index >= 15 is 0 Å². The summed E-state index contributed by atoms with van der Waals surface area (Å²) in [5.74, 6) is 0.235. The van der Waals surface area contributed by atoms with Crippen molar-refractivity contribution in [2.75, 3.05) is 17.3 Å². The van der Waals surface area contributed by atoms with Gasteiger partial charge in [0.05, 0.1) is 33.1 Å². The van der Waals surface area contributed by atoms with Crippen molar-refractivity contribution in [2.45, 2.75) is 24.0 Å². The molecule has 0 fully saturated rings. The molecular weight excluding hydrogens is 557 g/mol. The highest BCUT2D eigenvalue weighted by molar-refractivity contribution is 7.90. The van der Waals surface area contributed by atoms with E-state index in [1.54, 1.807) is 49.4 Å². The van der Waals surface area contributed by atoms with Crippen molar-refractivity contribution in [2.24, 2.45) is 0 Å². The van der Waals surface area contributed by atoms with Crippen LogP contribution in [0, 0.1) is 0 Å². The molecule has 2 aromatic heterocycles. The van der Waals surface area contributed by atoms with Gasteiger partial charge in [-0.25, -0.2) is 18.4 Å². The van der Waals surface area contributed by atoms with Gasteiger partial charge in [0.25, 0.3) is 5.56 Å². The molecule has 0 unspecified atom stereocenters. The number of nitrogens with zero attached hydrogens (tertiary/aromatic N) is 4. The Morgan fingerprint density at radius 1 is 0.976 bits per heavy atom. The lowest BCUT2D eigenvalue weighted by atomic mass is 10.1. The van der Waals surface area contributed by atoms with Gasteiger partial charge in [0.2, 0.25) is 5.95 Å². The zero-order chi connectivity index (χ0) is 29.5. The van der Waals surface area contributed by atoms with Crippen LogP contribution < -0.4 is 16.6 Å². The average Bonchev–Trinajstić information content (AvgIpc) is 2.92. The highest BCUT2D eigenvalue weighted by Gasteiger charge is 2.35. The van der Waals surface area contributed by atoms with Crippen LogP contribution >= 0.6 is 0 Å². The van der Waals surface area contributed by atoms with Gasteiger partial charge in [0.1, 0.15) is 11.6 Å². The van der Waals surface area contributed by atoms with Crippen molar-refractivity contribution in [3.05, 3.63) is 101 Å². The van der Waals surface area contributed by atoms with Crippen LogP contribution in [0.15, 0.2) is 88.7 Å². The van der Waals surface area contributed by atoms with Gasteiger partial charge in [-0.15, -0.1) is 0 Å². The third kappa shape index (κ3) is 5.48. The number of hydrogen-bond donors (Lipinski definition) is 2. The number of benzene rings is 3. The van der Waals surface area contributed by atoms with Crippen LogP contribution in [-0.4, -0.2) is 34.2 Å². The van der Waals surface area contributed by atoms with E-state index in [0.29, 0.717) is 16.8 Å². The van der Waals surface area contributed by atoms with Crippen LogP contribution in [0.3, 0.4) is 0 Å². The molecule has 9 nitrogen and oxygen atoms in total. The highest BCUT2D eigenvalue weighted by atomic mass is 32.2. The van der Waals surface area contributed by atoms with Gasteiger partial charge < -0.3 is 11.1 Å². The summed E-state index contributed by atoms with van der Waals surface area (Å²) in [6, 6.07) is 17.0. The average molecular weight is 581 g/mol. The van der Waals surface area contributed by atoms with Crippen molar-refractivity contribution in [3.8, 4) is 16.8 Å². The summed E-state index contributed by atoms with van der Waals surface area (Å²) in [7, 11) is -3.51. The topological polar surface area (TPSA) is 133 Å². The first-order valence-electron chi connectivity index (χ1n) is 12.2. The fourth-order valence-electron chi connectivity index (χ4n) is 4.48. The Bertz CT molecular complexity index is 1940. The van der Waals surface area contributed by atoms with Crippen LogP contribution in [-0.2, 0) is 16.0 Å². The minimum atomic E-state index is -4.77. The Kier molecular flexibility index (Phi) is 6.99. The fourth-order valence-corrected chi connectivity index (χ4v) is 5.15. The lowest BCUT2D eigenvalue weighted by molar-refractivity contribution is -0.136. The van der Waals surface area contributed by atoms with Gasteiger partial charge in [-0.2, -0.15) is 18.2 Å². The molecule has 0 aliphatic rings. The van der Waals surface area contributed by atoms with E-state index in [2.05, 4.69) is 20.3 Å². The number of anilines is 2. The summed E-state index contributed by atoms with van der Waals surface area (Å²) in [6.07, 6.45) is -2.26. The predicted molar refractivity (Wildman–Crippen MR) is 149 cm³/mol. The summed E-state index contributed by atoms with van der Waals surface area (Å²) in [6.45, 7) is 1.66. The second-order valence-corrected chi connectivity index (χ2v) is 11.3. The lowest BCUT2D eigenvalue weighted by Crippen LogP contribution is -2.29. The highest BCUT2D eigenvalue weighted by Crippen LogP contribution is 2.34. The van der Waals surface area contributed by atoms with Gasteiger partial charge in [-0.1, -0.05) is 36.4 Å². The van der Waals surface area contributed by atoms with Gasteiger partial charge in [-0.05, 0) is 48.9 Å². The van der Waals surface area contributed by atoms with Crippen LogP contribution in [0.2, 0.25) is 0 Å². The zero-order valence-electron chi connectivity index (χ0n) is 21.7. The Balaban J connectivity index is 1.69. The maximum absolute atomic E-state index is 13.9. The molecule has 0 bridgehead atoms. The number of sulfone groups is 1. The van der Waals surface area contributed by atoms with Crippen LogP contribution in [0.5, 0.6) is 0 Å². The summed E-state index contributed by atoms with van der Waals surface area (Å²) in [5.41, 5.74) is 4.97. The molecule has 2 heterocycles. The molecule has 3 aromatic carbocycles. The molecule has 41 heavy (non-hydrogen) atoms. The first-order chi connectivity index (χ1) is 19.3. The molecule has 210 valence electrons. The number of alkyl halides is 3. The molecule has 0 aliphatic carbocycles. The molecule has 13 heteroatoms. The molecule has 3 N–H and O–H groups in total. The maximum Gasteiger partial charge on any atom is 0.417 e. The third-order valence-corrected chi connectivity index (χ3v) is 7.47. The van der Waals surface area contributed by atoms with E-state index in [1.807, 2.05) is 0 Å². The maximum atomic E-state index is 13.9. The van der Waals surface area contributed by atoms with E-state index in [-0.39, 0.29) is 28.0 Å². The Hall–Kier alpha value is -4.78. The molecule has 1 atom stereocenters. The molecule has 0 radical (unpaired) electrons. The number of rotatable bonds is 6. The number of nitrogens with one attached hydrogen (secondary N) is 1. The lowest BCUT2D eigenvalue weighted by Gasteiger charge is -2.22. The van der Waals surface area contributed by atoms with Crippen molar-refractivity contribution < 1.29 is 21.6 Å². The largest absolute Gasteiger partial charge is 0.417 e. The van der Waals surface area contributed by atoms with Crippen LogP contribution in [0.1, 0.15) is 24.4 Å². The minimum Gasteiger partial charge on any atom is -0.368 e. The molecule has 0 amide bonds. The molecule has 0 saturated heterocycles. The van der Waals surface area contributed by atoms with Crippen molar-refractivity contribution in [1.29, 1.82) is 0 Å². The number of hydrogen-bond acceptors (Lipinski definition) is 8. The quantitative estimate of drug-likeness (QED) is 0.286. The Morgan fingerprint density at radius 2 is 1.68 bits per heavy atom. The zero-order valence-corrected chi connectivity index (χ0v) is 22.5. The van der Waals surface area contributed by atoms with E-state index < -0.39 is 38.6 Å². The minimum absolute atomic E-state index is 0.0792. The van der Waals surface area contributed by atoms with E-state index in [4.69, 9.17) is 5.73 Å². The van der Waals surface area contributed by atoms with Gasteiger partial charge >= 0.3 is 6.18 Å². The number of nitrogen functional groups attached to an aromatic ring is 1. The first kappa shape index (κ1) is 27.8. The summed E-state index contributed by atoms with van der Waals surface area (Å²) in [4.78, 5) is 26.6. The van der Waals surface area contributed by atoms with E-state index in [0.717, 1.165) is 16.9 Å². The number of nitrogens with two attached hydrogens (primary N) is 1. The van der Waals surface area contributed by atoms with Crippen molar-refractivity contribution >= 4 is 32.5 Å². The van der Waals surface area contributed by atoms with Gasteiger partial charge in [0, 0.05) is 18.0 Å². The smallest absolute Gasteiger partial charge is 0.368 e. The molecule has 0 spiro atoms. The van der Waals surface area contributed by atoms with Crippen molar-refractivity contribution in [3.63, 3.8) is 0 Å². The normalized spacial score (nSPS) is 12.8. The van der Waals surface area contributed by atoms with Crippen LogP contribution in [0.25, 0.3) is 27.7 Å². The fraction of sp³-hybridized carbons (Fsp3) is 0.143.